The smallest absolute Gasteiger partial charge is 0.312 e. The molecule has 0 radical (unpaired) electrons. The number of hydrogen-bond donors (Lipinski definition) is 1. The molecular weight excluding hydrogens is 277 g/mol. The Morgan fingerprint density at radius 1 is 1.62 bits per heavy atom. The third kappa shape index (κ3) is 3.57. The first kappa shape index (κ1) is 13.1. The zero-order chi connectivity index (χ0) is 12.1. The molecule has 0 spiro atoms. The minimum Gasteiger partial charge on any atom is -0.466 e. The first-order valence-corrected chi connectivity index (χ1v) is 5.77. The van der Waals surface area contributed by atoms with Crippen molar-refractivity contribution in [1.29, 1.82) is 0 Å². The van der Waals surface area contributed by atoms with E-state index in [-0.39, 0.29) is 18.2 Å². The molecular formula is C11H14BrFNO2+. The Morgan fingerprint density at radius 2 is 2.31 bits per heavy atom. The lowest BCUT2D eigenvalue weighted by Crippen LogP contribution is -2.54. The summed E-state index contributed by atoms with van der Waals surface area (Å²) in [5.41, 5.74) is 4.19. The predicted octanol–water partition coefficient (Wildman–Crippen LogP) is 1.82. The van der Waals surface area contributed by atoms with E-state index in [9.17, 15) is 9.18 Å². The van der Waals surface area contributed by atoms with Crippen molar-refractivity contribution >= 4 is 21.9 Å². The summed E-state index contributed by atoms with van der Waals surface area (Å²) in [6.45, 7) is 2.06. The van der Waals surface area contributed by atoms with Crippen LogP contribution in [0.1, 0.15) is 24.9 Å². The zero-order valence-electron chi connectivity index (χ0n) is 9.00. The first-order chi connectivity index (χ1) is 7.54. The molecule has 0 amide bonds. The molecule has 0 saturated carbocycles. The molecule has 3 nitrogen and oxygen atoms in total. The fourth-order valence-corrected chi connectivity index (χ4v) is 1.74. The number of hydrogen-bond acceptors (Lipinski definition) is 2. The Balaban J connectivity index is 2.76. The molecule has 0 heterocycles. The average Bonchev–Trinajstić information content (AvgIpc) is 2.21. The van der Waals surface area contributed by atoms with Crippen molar-refractivity contribution in [2.75, 3.05) is 6.61 Å². The molecule has 1 aromatic carbocycles. The van der Waals surface area contributed by atoms with Crippen LogP contribution < -0.4 is 5.73 Å². The van der Waals surface area contributed by atoms with E-state index >= 15 is 0 Å². The second-order valence-corrected chi connectivity index (χ2v) is 4.29. The molecule has 0 aliphatic carbocycles. The topological polar surface area (TPSA) is 53.9 Å². The summed E-state index contributed by atoms with van der Waals surface area (Å²) in [5.74, 6) is -0.714. The summed E-state index contributed by atoms with van der Waals surface area (Å²) >= 11 is 3.25. The van der Waals surface area contributed by atoms with Crippen LogP contribution in [0.15, 0.2) is 22.7 Å². The standard InChI is InChI=1S/C11H13BrFNO2/c1-2-16-11(15)6-10(14)8-5-7(12)3-4-9(8)13/h3-5,10H,2,6,14H2,1H3/p+1/t10-/m1/s1. The Morgan fingerprint density at radius 3 is 2.94 bits per heavy atom. The number of rotatable bonds is 4. The summed E-state index contributed by atoms with van der Waals surface area (Å²) in [5, 5.41) is 0. The second-order valence-electron chi connectivity index (χ2n) is 3.37. The van der Waals surface area contributed by atoms with Crippen molar-refractivity contribution in [1.82, 2.24) is 0 Å². The van der Waals surface area contributed by atoms with Gasteiger partial charge in [0.15, 0.2) is 0 Å². The van der Waals surface area contributed by atoms with E-state index in [1.165, 1.54) is 6.07 Å². The summed E-state index contributed by atoms with van der Waals surface area (Å²) in [6.07, 6.45) is 0.0845. The van der Waals surface area contributed by atoms with Gasteiger partial charge in [0.2, 0.25) is 0 Å². The Labute approximate surface area is 102 Å². The van der Waals surface area contributed by atoms with Gasteiger partial charge < -0.3 is 10.5 Å². The molecule has 0 saturated heterocycles. The molecule has 1 aromatic rings. The second kappa shape index (κ2) is 5.96. The van der Waals surface area contributed by atoms with E-state index in [1.54, 1.807) is 19.1 Å². The average molecular weight is 291 g/mol. The van der Waals surface area contributed by atoms with Crippen molar-refractivity contribution in [2.45, 2.75) is 19.4 Å². The van der Waals surface area contributed by atoms with Gasteiger partial charge in [-0.1, -0.05) is 15.9 Å². The van der Waals surface area contributed by atoms with Crippen LogP contribution in [-0.2, 0) is 9.53 Å². The van der Waals surface area contributed by atoms with E-state index in [0.717, 1.165) is 4.47 Å². The zero-order valence-corrected chi connectivity index (χ0v) is 10.6. The van der Waals surface area contributed by atoms with Gasteiger partial charge in [0.1, 0.15) is 18.3 Å². The van der Waals surface area contributed by atoms with Crippen molar-refractivity contribution in [3.63, 3.8) is 0 Å². The third-order valence-electron chi connectivity index (χ3n) is 2.12. The third-order valence-corrected chi connectivity index (χ3v) is 2.61. The minimum atomic E-state index is -0.434. The molecule has 0 unspecified atom stereocenters. The lowest BCUT2D eigenvalue weighted by atomic mass is 10.0. The van der Waals surface area contributed by atoms with Gasteiger partial charge >= 0.3 is 5.97 Å². The highest BCUT2D eigenvalue weighted by Gasteiger charge is 2.19. The number of halogens is 2. The van der Waals surface area contributed by atoms with Gasteiger partial charge in [-0.25, -0.2) is 4.39 Å². The maximum absolute atomic E-state index is 13.4. The largest absolute Gasteiger partial charge is 0.466 e. The normalized spacial score (nSPS) is 12.2. The summed E-state index contributed by atoms with van der Waals surface area (Å²) in [6, 6.07) is 4.15. The van der Waals surface area contributed by atoms with Gasteiger partial charge in [-0.2, -0.15) is 0 Å². The highest BCUT2D eigenvalue weighted by molar-refractivity contribution is 9.10. The number of ether oxygens (including phenoxy) is 1. The van der Waals surface area contributed by atoms with E-state index < -0.39 is 6.04 Å². The molecule has 0 aromatic heterocycles. The molecule has 0 aliphatic heterocycles. The van der Waals surface area contributed by atoms with Gasteiger partial charge in [-0.15, -0.1) is 0 Å². The van der Waals surface area contributed by atoms with Crippen molar-refractivity contribution in [3.8, 4) is 0 Å². The van der Waals surface area contributed by atoms with Crippen LogP contribution in [0.4, 0.5) is 4.39 Å². The molecule has 16 heavy (non-hydrogen) atoms. The lowest BCUT2D eigenvalue weighted by Gasteiger charge is -2.09. The van der Waals surface area contributed by atoms with E-state index in [2.05, 4.69) is 21.7 Å². The SMILES string of the molecule is CCOC(=O)C[C@@H]([NH3+])c1cc(Br)ccc1F. The molecule has 0 fully saturated rings. The fraction of sp³-hybridized carbons (Fsp3) is 0.364. The first-order valence-electron chi connectivity index (χ1n) is 4.98. The molecule has 1 atom stereocenters. The number of esters is 1. The molecule has 88 valence electrons. The maximum atomic E-state index is 13.4. The van der Waals surface area contributed by atoms with Crippen molar-refractivity contribution < 1.29 is 19.7 Å². The molecule has 0 bridgehead atoms. The number of carbonyl (C=O) groups excluding carboxylic acids is 1. The summed E-state index contributed by atoms with van der Waals surface area (Å²) in [7, 11) is 0. The van der Waals surface area contributed by atoms with E-state index in [4.69, 9.17) is 4.74 Å². The van der Waals surface area contributed by atoms with Crippen LogP contribution in [0.25, 0.3) is 0 Å². The quantitative estimate of drug-likeness (QED) is 0.860. The van der Waals surface area contributed by atoms with Crippen LogP contribution in [0.3, 0.4) is 0 Å². The highest BCUT2D eigenvalue weighted by Crippen LogP contribution is 2.21. The molecule has 0 aliphatic rings. The summed E-state index contributed by atoms with van der Waals surface area (Å²) in [4.78, 5) is 11.2. The van der Waals surface area contributed by atoms with Crippen LogP contribution >= 0.6 is 15.9 Å². The minimum absolute atomic E-state index is 0.0845. The van der Waals surface area contributed by atoms with Crippen molar-refractivity contribution in [3.05, 3.63) is 34.1 Å². The van der Waals surface area contributed by atoms with E-state index in [1.807, 2.05) is 0 Å². The lowest BCUT2D eigenvalue weighted by molar-refractivity contribution is -0.426. The van der Waals surface area contributed by atoms with Gasteiger partial charge in [-0.3, -0.25) is 4.79 Å². The van der Waals surface area contributed by atoms with Crippen LogP contribution in [-0.4, -0.2) is 12.6 Å². The van der Waals surface area contributed by atoms with Crippen LogP contribution in [0.2, 0.25) is 0 Å². The predicted molar refractivity (Wildman–Crippen MR) is 61.0 cm³/mol. The highest BCUT2D eigenvalue weighted by atomic mass is 79.9. The molecule has 3 N–H and O–H groups in total. The van der Waals surface area contributed by atoms with E-state index in [0.29, 0.717) is 12.2 Å². The Bertz CT molecular complexity index is 384. The van der Waals surface area contributed by atoms with Gasteiger partial charge in [0, 0.05) is 10.0 Å². The number of carbonyl (C=O) groups is 1. The van der Waals surface area contributed by atoms with Crippen LogP contribution in [0, 0.1) is 5.82 Å². The summed E-state index contributed by atoms with van der Waals surface area (Å²) < 4.78 is 19.0. The van der Waals surface area contributed by atoms with Crippen molar-refractivity contribution in [2.24, 2.45) is 0 Å². The van der Waals surface area contributed by atoms with Gasteiger partial charge in [0.25, 0.3) is 0 Å². The van der Waals surface area contributed by atoms with Gasteiger partial charge in [-0.05, 0) is 25.1 Å². The number of benzene rings is 1. The molecule has 1 rings (SSSR count). The maximum Gasteiger partial charge on any atom is 0.312 e. The molecule has 5 heteroatoms. The van der Waals surface area contributed by atoms with Crippen LogP contribution in [0.5, 0.6) is 0 Å². The number of quaternary nitrogens is 1. The Kier molecular flexibility index (Phi) is 4.89. The van der Waals surface area contributed by atoms with Gasteiger partial charge in [0.05, 0.1) is 6.61 Å². The Hall–Kier alpha value is -0.940. The monoisotopic (exact) mass is 290 g/mol. The fourth-order valence-electron chi connectivity index (χ4n) is 1.36.